The Labute approximate surface area is 144 Å². The van der Waals surface area contributed by atoms with Gasteiger partial charge in [0.1, 0.15) is 5.82 Å². The molecule has 2 rings (SSSR count). The van der Waals surface area contributed by atoms with E-state index in [-0.39, 0.29) is 11.8 Å². The third-order valence-electron chi connectivity index (χ3n) is 4.86. The van der Waals surface area contributed by atoms with Gasteiger partial charge in [0.2, 0.25) is 5.91 Å². The van der Waals surface area contributed by atoms with Crippen LogP contribution in [0.5, 0.6) is 0 Å². The maximum absolute atomic E-state index is 12.7. The number of halogens is 1. The Morgan fingerprint density at radius 3 is 2.70 bits per heavy atom. The predicted molar refractivity (Wildman–Crippen MR) is 95.1 cm³/mol. The summed E-state index contributed by atoms with van der Waals surface area (Å²) in [5, 5.41) is 3.54. The normalized spacial score (nSPS) is 24.3. The third kappa shape index (κ3) is 3.89. The highest BCUT2D eigenvalue weighted by atomic mass is 35.5. The van der Waals surface area contributed by atoms with E-state index in [9.17, 15) is 4.79 Å². The number of nitrogens with zero attached hydrogens (tertiary/aromatic N) is 3. The number of allylic oxidation sites excluding steroid dienone is 2. The number of amides is 1. The summed E-state index contributed by atoms with van der Waals surface area (Å²) in [5.41, 5.74) is 0.885. The van der Waals surface area contributed by atoms with Crippen LogP contribution in [0.1, 0.15) is 39.0 Å². The SMILES string of the molecule is C=CCC1CN(C2CCCC2)C(NC(Cl)=NC)=C(C)N(C)C1=O. The van der Waals surface area contributed by atoms with Gasteiger partial charge in [-0.15, -0.1) is 6.58 Å². The fraction of sp³-hybridized carbons (Fsp3) is 0.647. The first-order valence-electron chi connectivity index (χ1n) is 8.24. The molecular formula is C17H27ClN4O. The fourth-order valence-electron chi connectivity index (χ4n) is 3.45. The van der Waals surface area contributed by atoms with Gasteiger partial charge in [-0.05, 0) is 37.8 Å². The van der Waals surface area contributed by atoms with Gasteiger partial charge < -0.3 is 15.1 Å². The second-order valence-electron chi connectivity index (χ2n) is 6.28. The molecule has 0 aromatic carbocycles. The van der Waals surface area contributed by atoms with E-state index in [4.69, 9.17) is 11.6 Å². The molecule has 1 fully saturated rings. The second-order valence-corrected chi connectivity index (χ2v) is 6.64. The minimum atomic E-state index is -0.0790. The van der Waals surface area contributed by atoms with Gasteiger partial charge in [-0.1, -0.05) is 18.9 Å². The Kier molecular flexibility index (Phi) is 6.10. The van der Waals surface area contributed by atoms with Crippen LogP contribution in [0.2, 0.25) is 0 Å². The van der Waals surface area contributed by atoms with Gasteiger partial charge in [-0.2, -0.15) is 0 Å². The van der Waals surface area contributed by atoms with Gasteiger partial charge in [-0.3, -0.25) is 9.79 Å². The molecule has 0 saturated heterocycles. The monoisotopic (exact) mass is 338 g/mol. The topological polar surface area (TPSA) is 47.9 Å². The molecule has 0 aromatic heterocycles. The molecule has 0 spiro atoms. The third-order valence-corrected chi connectivity index (χ3v) is 5.13. The van der Waals surface area contributed by atoms with Crippen molar-refractivity contribution in [3.8, 4) is 0 Å². The maximum Gasteiger partial charge on any atom is 0.231 e. The number of carbonyl (C=O) groups is 1. The van der Waals surface area contributed by atoms with Gasteiger partial charge in [0.05, 0.1) is 11.6 Å². The van der Waals surface area contributed by atoms with Crippen molar-refractivity contribution < 1.29 is 4.79 Å². The quantitative estimate of drug-likeness (QED) is 0.371. The molecule has 1 atom stereocenters. The number of hydrogen-bond acceptors (Lipinski definition) is 3. The number of amidine groups is 1. The van der Waals surface area contributed by atoms with E-state index in [1.54, 1.807) is 11.9 Å². The Hall–Kier alpha value is -1.49. The van der Waals surface area contributed by atoms with Crippen LogP contribution in [-0.2, 0) is 4.79 Å². The minimum absolute atomic E-state index is 0.0790. The molecule has 0 bridgehead atoms. The van der Waals surface area contributed by atoms with E-state index in [1.807, 2.05) is 20.0 Å². The van der Waals surface area contributed by atoms with E-state index >= 15 is 0 Å². The smallest absolute Gasteiger partial charge is 0.231 e. The van der Waals surface area contributed by atoms with Crippen molar-refractivity contribution >= 4 is 22.8 Å². The van der Waals surface area contributed by atoms with Crippen molar-refractivity contribution in [3.63, 3.8) is 0 Å². The molecule has 128 valence electrons. The summed E-state index contributed by atoms with van der Waals surface area (Å²) < 4.78 is 0. The van der Waals surface area contributed by atoms with Crippen molar-refractivity contribution in [2.45, 2.75) is 45.1 Å². The molecule has 1 heterocycles. The molecule has 1 N–H and O–H groups in total. The summed E-state index contributed by atoms with van der Waals surface area (Å²) in [6.45, 7) is 6.45. The molecular weight excluding hydrogens is 312 g/mol. The fourth-order valence-corrected chi connectivity index (χ4v) is 3.54. The molecule has 0 radical (unpaired) electrons. The molecule has 0 aromatic rings. The lowest BCUT2D eigenvalue weighted by molar-refractivity contribution is -0.132. The zero-order chi connectivity index (χ0) is 17.0. The van der Waals surface area contributed by atoms with Crippen LogP contribution < -0.4 is 5.32 Å². The van der Waals surface area contributed by atoms with E-state index in [1.165, 1.54) is 12.8 Å². The summed E-state index contributed by atoms with van der Waals surface area (Å²) in [5.74, 6) is 0.950. The summed E-state index contributed by atoms with van der Waals surface area (Å²) in [6.07, 6.45) is 7.29. The summed E-state index contributed by atoms with van der Waals surface area (Å²) in [6, 6.07) is 0.445. The Balaban J connectivity index is 2.41. The molecule has 5 nitrogen and oxygen atoms in total. The Morgan fingerprint density at radius 2 is 2.13 bits per heavy atom. The van der Waals surface area contributed by atoms with Crippen LogP contribution >= 0.6 is 11.6 Å². The Bertz CT molecular complexity index is 523. The van der Waals surface area contributed by atoms with Crippen LogP contribution in [0.25, 0.3) is 0 Å². The predicted octanol–water partition coefficient (Wildman–Crippen LogP) is 2.90. The van der Waals surface area contributed by atoms with Gasteiger partial charge in [0, 0.05) is 26.7 Å². The van der Waals surface area contributed by atoms with Crippen molar-refractivity contribution in [3.05, 3.63) is 24.2 Å². The number of rotatable bonds is 4. The van der Waals surface area contributed by atoms with Crippen LogP contribution in [0.15, 0.2) is 29.2 Å². The Morgan fingerprint density at radius 1 is 1.48 bits per heavy atom. The molecule has 1 aliphatic heterocycles. The first kappa shape index (κ1) is 17.9. The maximum atomic E-state index is 12.7. The molecule has 1 amide bonds. The second kappa shape index (κ2) is 7.86. The van der Waals surface area contributed by atoms with Crippen molar-refractivity contribution in [1.82, 2.24) is 15.1 Å². The average molecular weight is 339 g/mol. The molecule has 23 heavy (non-hydrogen) atoms. The van der Waals surface area contributed by atoms with Gasteiger partial charge >= 0.3 is 0 Å². The highest BCUT2D eigenvalue weighted by molar-refractivity contribution is 6.64. The lowest BCUT2D eigenvalue weighted by Crippen LogP contribution is -2.42. The van der Waals surface area contributed by atoms with E-state index in [0.717, 1.165) is 24.4 Å². The standard InChI is InChI=1S/C17H27ClN4O/c1-5-8-13-11-22(14-9-6-7-10-14)15(20-17(18)19-3)12(2)21(4)16(13)23/h5,13-14H,1,6-11H2,2-4H3,(H,19,20). The minimum Gasteiger partial charge on any atom is -0.353 e. The van der Waals surface area contributed by atoms with Crippen LogP contribution in [0.3, 0.4) is 0 Å². The number of hydrogen-bond donors (Lipinski definition) is 1. The lowest BCUT2D eigenvalue weighted by atomic mass is 10.0. The lowest BCUT2D eigenvalue weighted by Gasteiger charge is -2.34. The van der Waals surface area contributed by atoms with Crippen LogP contribution in [0, 0.1) is 5.92 Å². The number of carbonyl (C=O) groups excluding carboxylic acids is 1. The van der Waals surface area contributed by atoms with E-state index in [2.05, 4.69) is 21.8 Å². The molecule has 2 aliphatic rings. The van der Waals surface area contributed by atoms with Crippen LogP contribution in [0.4, 0.5) is 0 Å². The molecule has 1 unspecified atom stereocenters. The largest absolute Gasteiger partial charge is 0.353 e. The first-order valence-corrected chi connectivity index (χ1v) is 8.62. The summed E-state index contributed by atoms with van der Waals surface area (Å²) >= 11 is 6.13. The van der Waals surface area contributed by atoms with Crippen molar-refractivity contribution in [2.75, 3.05) is 20.6 Å². The van der Waals surface area contributed by atoms with Crippen LogP contribution in [-0.4, -0.2) is 47.7 Å². The molecule has 1 aliphatic carbocycles. The summed E-state index contributed by atoms with van der Waals surface area (Å²) in [7, 11) is 3.47. The molecule has 1 saturated carbocycles. The van der Waals surface area contributed by atoms with Gasteiger partial charge in [-0.25, -0.2) is 0 Å². The average Bonchev–Trinajstić information content (AvgIpc) is 3.06. The van der Waals surface area contributed by atoms with Gasteiger partial charge in [0.25, 0.3) is 0 Å². The first-order chi connectivity index (χ1) is 11.0. The van der Waals surface area contributed by atoms with Crippen molar-refractivity contribution in [1.29, 1.82) is 0 Å². The number of aliphatic imine (C=N–C) groups is 1. The zero-order valence-corrected chi connectivity index (χ0v) is 15.1. The van der Waals surface area contributed by atoms with E-state index in [0.29, 0.717) is 24.3 Å². The van der Waals surface area contributed by atoms with Crippen molar-refractivity contribution in [2.24, 2.45) is 10.9 Å². The van der Waals surface area contributed by atoms with Gasteiger partial charge in [0.15, 0.2) is 5.29 Å². The highest BCUT2D eigenvalue weighted by Crippen LogP contribution is 2.31. The van der Waals surface area contributed by atoms with E-state index < -0.39 is 0 Å². The number of nitrogens with one attached hydrogen (secondary N) is 1. The zero-order valence-electron chi connectivity index (χ0n) is 14.3. The summed E-state index contributed by atoms with van der Waals surface area (Å²) in [4.78, 5) is 20.8. The highest BCUT2D eigenvalue weighted by Gasteiger charge is 2.35. The molecule has 6 heteroatoms.